The van der Waals surface area contributed by atoms with Gasteiger partial charge in [-0.1, -0.05) is 41.9 Å². The summed E-state index contributed by atoms with van der Waals surface area (Å²) < 4.78 is 10.9. The Morgan fingerprint density at radius 3 is 2.74 bits per heavy atom. The molecule has 1 saturated heterocycles. The molecule has 3 rings (SSSR count). The van der Waals surface area contributed by atoms with E-state index >= 15 is 0 Å². The molecule has 0 bridgehead atoms. The molecule has 0 amide bonds. The molecule has 1 N–H and O–H groups in total. The third kappa shape index (κ3) is 3.66. The number of esters is 1. The van der Waals surface area contributed by atoms with E-state index in [4.69, 9.17) is 21.1 Å². The van der Waals surface area contributed by atoms with E-state index in [1.54, 1.807) is 0 Å². The van der Waals surface area contributed by atoms with Crippen LogP contribution in [0.4, 0.5) is 0 Å². The second-order valence-electron chi connectivity index (χ2n) is 5.47. The number of nitrogens with one attached hydrogen (secondary N) is 1. The first-order valence-corrected chi connectivity index (χ1v) is 7.88. The minimum Gasteiger partial charge on any atom is -0.488 e. The van der Waals surface area contributed by atoms with Gasteiger partial charge in [0.25, 0.3) is 0 Å². The highest BCUT2D eigenvalue weighted by Gasteiger charge is 2.31. The Hall–Kier alpha value is -2.04. The maximum absolute atomic E-state index is 11.6. The van der Waals surface area contributed by atoms with Gasteiger partial charge < -0.3 is 14.8 Å². The van der Waals surface area contributed by atoms with Crippen LogP contribution in [-0.4, -0.2) is 31.8 Å². The van der Waals surface area contributed by atoms with Gasteiger partial charge in [-0.15, -0.1) is 0 Å². The van der Waals surface area contributed by atoms with Crippen LogP contribution in [0.25, 0.3) is 11.1 Å². The van der Waals surface area contributed by atoms with Crippen molar-refractivity contribution in [1.82, 2.24) is 5.32 Å². The van der Waals surface area contributed by atoms with Crippen LogP contribution in [0.3, 0.4) is 0 Å². The Morgan fingerprint density at radius 1 is 1.22 bits per heavy atom. The molecular weight excluding hydrogens is 314 g/mol. The number of carbonyl (C=O) groups excluding carboxylic acids is 1. The van der Waals surface area contributed by atoms with Gasteiger partial charge >= 0.3 is 5.97 Å². The van der Waals surface area contributed by atoms with Gasteiger partial charge in [0, 0.05) is 23.6 Å². The van der Waals surface area contributed by atoms with E-state index in [1.165, 1.54) is 7.11 Å². The fourth-order valence-electron chi connectivity index (χ4n) is 2.74. The van der Waals surface area contributed by atoms with Crippen molar-refractivity contribution in [2.75, 3.05) is 13.7 Å². The summed E-state index contributed by atoms with van der Waals surface area (Å²) in [5.41, 5.74) is 1.99. The Morgan fingerprint density at radius 2 is 2.00 bits per heavy atom. The number of ether oxygens (including phenoxy) is 2. The fraction of sp³-hybridized carbons (Fsp3) is 0.278. The van der Waals surface area contributed by atoms with Crippen molar-refractivity contribution in [2.24, 2.45) is 0 Å². The largest absolute Gasteiger partial charge is 0.488 e. The second-order valence-corrected chi connectivity index (χ2v) is 5.90. The molecule has 4 nitrogen and oxygen atoms in total. The number of carbonyl (C=O) groups is 1. The van der Waals surface area contributed by atoms with Crippen molar-refractivity contribution < 1.29 is 14.3 Å². The molecule has 1 heterocycles. The van der Waals surface area contributed by atoms with Gasteiger partial charge in [-0.2, -0.15) is 0 Å². The highest BCUT2D eigenvalue weighted by Crippen LogP contribution is 2.34. The van der Waals surface area contributed by atoms with Crippen molar-refractivity contribution in [3.8, 4) is 16.9 Å². The van der Waals surface area contributed by atoms with Gasteiger partial charge in [0.1, 0.15) is 17.9 Å². The van der Waals surface area contributed by atoms with E-state index in [-0.39, 0.29) is 18.1 Å². The normalized spacial score (nSPS) is 20.3. The van der Waals surface area contributed by atoms with E-state index in [9.17, 15) is 4.79 Å². The summed E-state index contributed by atoms with van der Waals surface area (Å²) in [5.74, 6) is 0.508. The number of hydrogen-bond donors (Lipinski definition) is 1. The molecule has 2 aromatic rings. The lowest BCUT2D eigenvalue weighted by molar-refractivity contribution is -0.142. The number of hydrogen-bond acceptors (Lipinski definition) is 4. The Kier molecular flexibility index (Phi) is 4.84. The van der Waals surface area contributed by atoms with Crippen LogP contribution in [0, 0.1) is 0 Å². The van der Waals surface area contributed by atoms with Crippen LogP contribution < -0.4 is 10.1 Å². The quantitative estimate of drug-likeness (QED) is 0.873. The summed E-state index contributed by atoms with van der Waals surface area (Å²) in [6.45, 7) is 0.608. The first-order valence-electron chi connectivity index (χ1n) is 7.50. The van der Waals surface area contributed by atoms with E-state index < -0.39 is 0 Å². The monoisotopic (exact) mass is 331 g/mol. The number of halogens is 1. The molecule has 5 heteroatoms. The summed E-state index contributed by atoms with van der Waals surface area (Å²) in [4.78, 5) is 11.6. The van der Waals surface area contributed by atoms with Crippen LogP contribution in [0.5, 0.6) is 5.75 Å². The second kappa shape index (κ2) is 7.02. The average Bonchev–Trinajstić information content (AvgIpc) is 3.05. The number of methoxy groups -OCH3 is 1. The smallest absolute Gasteiger partial charge is 0.323 e. The Labute approximate surface area is 140 Å². The lowest BCUT2D eigenvalue weighted by Gasteiger charge is -2.17. The minimum atomic E-state index is -0.308. The lowest BCUT2D eigenvalue weighted by Crippen LogP contribution is -2.31. The van der Waals surface area contributed by atoms with E-state index in [0.29, 0.717) is 18.0 Å². The average molecular weight is 332 g/mol. The van der Waals surface area contributed by atoms with E-state index in [1.807, 2.05) is 48.5 Å². The van der Waals surface area contributed by atoms with Crippen LogP contribution in [0.15, 0.2) is 48.5 Å². The zero-order valence-electron chi connectivity index (χ0n) is 12.8. The molecule has 0 unspecified atom stereocenters. The van der Waals surface area contributed by atoms with Gasteiger partial charge in [-0.3, -0.25) is 4.79 Å². The standard InChI is InChI=1S/C18H18ClNO3/c1-22-18(21)16-10-14(11-20-16)23-17-8-7-13(19)9-15(17)12-5-3-2-4-6-12/h2-9,14,16,20H,10-11H2,1H3/t14-,16-/m0/s1. The van der Waals surface area contributed by atoms with Gasteiger partial charge in [0.15, 0.2) is 0 Å². The molecule has 0 radical (unpaired) electrons. The molecule has 0 aliphatic carbocycles. The van der Waals surface area contributed by atoms with Crippen LogP contribution in [-0.2, 0) is 9.53 Å². The van der Waals surface area contributed by atoms with Crippen molar-refractivity contribution in [1.29, 1.82) is 0 Å². The van der Waals surface area contributed by atoms with Gasteiger partial charge in [0.2, 0.25) is 0 Å². The zero-order valence-corrected chi connectivity index (χ0v) is 13.5. The Balaban J connectivity index is 1.80. The maximum atomic E-state index is 11.6. The molecule has 1 aliphatic rings. The number of rotatable bonds is 4. The molecule has 0 saturated carbocycles. The van der Waals surface area contributed by atoms with E-state index in [0.717, 1.165) is 16.9 Å². The highest BCUT2D eigenvalue weighted by atomic mass is 35.5. The summed E-state index contributed by atoms with van der Waals surface area (Å²) in [7, 11) is 1.39. The summed E-state index contributed by atoms with van der Waals surface area (Å²) >= 11 is 6.14. The maximum Gasteiger partial charge on any atom is 0.323 e. The predicted octanol–water partition coefficient (Wildman–Crippen LogP) is 3.29. The predicted molar refractivity (Wildman–Crippen MR) is 89.7 cm³/mol. The molecule has 2 aromatic carbocycles. The summed E-state index contributed by atoms with van der Waals surface area (Å²) in [5, 5.41) is 3.78. The van der Waals surface area contributed by atoms with Crippen molar-refractivity contribution in [3.05, 3.63) is 53.6 Å². The molecule has 1 fully saturated rings. The molecule has 0 aromatic heterocycles. The third-order valence-corrected chi connectivity index (χ3v) is 4.13. The third-order valence-electron chi connectivity index (χ3n) is 3.90. The van der Waals surface area contributed by atoms with Crippen molar-refractivity contribution >= 4 is 17.6 Å². The minimum absolute atomic E-state index is 0.0808. The lowest BCUT2D eigenvalue weighted by atomic mass is 10.0. The van der Waals surface area contributed by atoms with Gasteiger partial charge in [-0.25, -0.2) is 0 Å². The molecule has 1 aliphatic heterocycles. The first kappa shape index (κ1) is 15.8. The fourth-order valence-corrected chi connectivity index (χ4v) is 2.91. The molecular formula is C18H18ClNO3. The molecule has 23 heavy (non-hydrogen) atoms. The van der Waals surface area contributed by atoms with Crippen LogP contribution in [0.2, 0.25) is 5.02 Å². The summed E-state index contributed by atoms with van der Waals surface area (Å²) in [6.07, 6.45) is 0.506. The molecule has 0 spiro atoms. The number of benzene rings is 2. The van der Waals surface area contributed by atoms with Crippen molar-refractivity contribution in [3.63, 3.8) is 0 Å². The SMILES string of the molecule is COC(=O)[C@@H]1C[C@H](Oc2ccc(Cl)cc2-c2ccccc2)CN1. The molecule has 120 valence electrons. The van der Waals surface area contributed by atoms with Crippen LogP contribution in [0.1, 0.15) is 6.42 Å². The van der Waals surface area contributed by atoms with Gasteiger partial charge in [-0.05, 0) is 23.8 Å². The van der Waals surface area contributed by atoms with Gasteiger partial charge in [0.05, 0.1) is 7.11 Å². The first-order chi connectivity index (χ1) is 11.2. The topological polar surface area (TPSA) is 47.6 Å². The summed E-state index contributed by atoms with van der Waals surface area (Å²) in [6, 6.07) is 15.2. The zero-order chi connectivity index (χ0) is 16.2. The van der Waals surface area contributed by atoms with E-state index in [2.05, 4.69) is 5.32 Å². The molecule has 2 atom stereocenters. The van der Waals surface area contributed by atoms with Crippen LogP contribution >= 0.6 is 11.6 Å². The highest BCUT2D eigenvalue weighted by molar-refractivity contribution is 6.31. The van der Waals surface area contributed by atoms with Crippen molar-refractivity contribution in [2.45, 2.75) is 18.6 Å². The Bertz CT molecular complexity index is 690.